The smallest absolute Gasteiger partial charge is 0.228 e. The van der Waals surface area contributed by atoms with Gasteiger partial charge in [-0.2, -0.15) is 0 Å². The van der Waals surface area contributed by atoms with E-state index in [1.165, 1.54) is 36.5 Å². The molecule has 0 amide bonds. The fourth-order valence-corrected chi connectivity index (χ4v) is 9.47. The van der Waals surface area contributed by atoms with Gasteiger partial charge in [0.05, 0.1) is 0 Å². The molecular weight excluding hydrogens is 705 g/mol. The zero-order valence-corrected chi connectivity index (χ0v) is 30.8. The summed E-state index contributed by atoms with van der Waals surface area (Å²) in [5, 5.41) is 9.29. The maximum atomic E-state index is 6.67. The van der Waals surface area contributed by atoms with E-state index in [9.17, 15) is 0 Å². The Bertz CT molecular complexity index is 3450. The molecule has 0 saturated heterocycles. The maximum absolute atomic E-state index is 6.67. The predicted molar refractivity (Wildman–Crippen MR) is 235 cm³/mol. The molecule has 56 heavy (non-hydrogen) atoms. The number of rotatable bonds is 5. The average Bonchev–Trinajstić information content (AvgIpc) is 3.95. The number of anilines is 3. The summed E-state index contributed by atoms with van der Waals surface area (Å²) in [5.74, 6) is 0.580. The van der Waals surface area contributed by atoms with E-state index in [0.29, 0.717) is 5.89 Å². The topological polar surface area (TPSA) is 42.4 Å². The van der Waals surface area contributed by atoms with Crippen LogP contribution in [0.5, 0.6) is 0 Å². The largest absolute Gasteiger partial charge is 0.456 e. The number of oxazole rings is 1. The van der Waals surface area contributed by atoms with Crippen molar-refractivity contribution >= 4 is 103 Å². The molecule has 0 saturated carbocycles. The van der Waals surface area contributed by atoms with Gasteiger partial charge >= 0.3 is 0 Å². The number of furan rings is 1. The van der Waals surface area contributed by atoms with E-state index >= 15 is 0 Å². The lowest BCUT2D eigenvalue weighted by Crippen LogP contribution is -2.09. The second-order valence-electron chi connectivity index (χ2n) is 14.4. The number of thiophene rings is 1. The van der Waals surface area contributed by atoms with Gasteiger partial charge in [0.2, 0.25) is 5.89 Å². The van der Waals surface area contributed by atoms with E-state index in [1.807, 2.05) is 35.6 Å². The summed E-state index contributed by atoms with van der Waals surface area (Å²) in [6.45, 7) is 0. The van der Waals surface area contributed by atoms with Crippen molar-refractivity contribution in [1.82, 2.24) is 4.98 Å². The van der Waals surface area contributed by atoms with Crippen LogP contribution in [0.25, 0.3) is 97.3 Å². The Hall–Kier alpha value is -7.21. The summed E-state index contributed by atoms with van der Waals surface area (Å²) in [7, 11) is 0. The molecule has 0 bridgehead atoms. The molecule has 3 heterocycles. The average molecular weight is 735 g/mol. The Morgan fingerprint density at radius 1 is 0.411 bits per heavy atom. The van der Waals surface area contributed by atoms with Gasteiger partial charge in [0.1, 0.15) is 16.7 Å². The van der Waals surface area contributed by atoms with Crippen LogP contribution in [0.3, 0.4) is 0 Å². The summed E-state index contributed by atoms with van der Waals surface area (Å²) < 4.78 is 15.7. The first-order chi connectivity index (χ1) is 27.7. The third kappa shape index (κ3) is 4.95. The van der Waals surface area contributed by atoms with Crippen LogP contribution >= 0.6 is 11.3 Å². The molecule has 12 aromatic rings. The van der Waals surface area contributed by atoms with Crippen LogP contribution in [0, 0.1) is 0 Å². The second-order valence-corrected chi connectivity index (χ2v) is 15.5. The van der Waals surface area contributed by atoms with Gasteiger partial charge in [-0.3, -0.25) is 0 Å². The van der Waals surface area contributed by atoms with Gasteiger partial charge < -0.3 is 13.7 Å². The molecule has 3 aromatic heterocycles. The van der Waals surface area contributed by atoms with Gasteiger partial charge in [-0.05, 0) is 112 Å². The van der Waals surface area contributed by atoms with Crippen LogP contribution in [0.15, 0.2) is 191 Å². The Labute approximate surface area is 325 Å². The number of fused-ring (bicyclic) bond motifs is 9. The van der Waals surface area contributed by atoms with Gasteiger partial charge in [0.25, 0.3) is 0 Å². The first-order valence-corrected chi connectivity index (χ1v) is 19.6. The fourth-order valence-electron chi connectivity index (χ4n) is 8.35. The Balaban J connectivity index is 1.04. The molecule has 0 fully saturated rings. The van der Waals surface area contributed by atoms with Crippen molar-refractivity contribution < 1.29 is 8.83 Å². The minimum Gasteiger partial charge on any atom is -0.456 e. The van der Waals surface area contributed by atoms with E-state index in [0.717, 1.165) is 72.0 Å². The first kappa shape index (κ1) is 31.2. The van der Waals surface area contributed by atoms with Crippen LogP contribution < -0.4 is 4.90 Å². The van der Waals surface area contributed by atoms with E-state index < -0.39 is 0 Å². The first-order valence-electron chi connectivity index (χ1n) is 18.8. The molecule has 0 aliphatic rings. The van der Waals surface area contributed by atoms with Crippen molar-refractivity contribution in [3.05, 3.63) is 182 Å². The van der Waals surface area contributed by atoms with Gasteiger partial charge in [-0.1, -0.05) is 97.1 Å². The maximum Gasteiger partial charge on any atom is 0.228 e. The summed E-state index contributed by atoms with van der Waals surface area (Å²) in [6, 6.07) is 64.6. The van der Waals surface area contributed by atoms with Crippen LogP contribution in [-0.4, -0.2) is 4.98 Å². The summed E-state index contributed by atoms with van der Waals surface area (Å²) in [6.07, 6.45) is 0. The lowest BCUT2D eigenvalue weighted by Gasteiger charge is -2.26. The van der Waals surface area contributed by atoms with Crippen molar-refractivity contribution in [2.24, 2.45) is 0 Å². The molecule has 4 nitrogen and oxygen atoms in total. The van der Waals surface area contributed by atoms with Gasteiger partial charge in [-0.15, -0.1) is 11.3 Å². The Morgan fingerprint density at radius 3 is 1.95 bits per heavy atom. The third-order valence-electron chi connectivity index (χ3n) is 11.0. The van der Waals surface area contributed by atoms with E-state index in [4.69, 9.17) is 13.8 Å². The molecule has 9 aromatic carbocycles. The summed E-state index contributed by atoms with van der Waals surface area (Å²) in [5.41, 5.74) is 9.56. The standard InChI is InChI=1S/C51H30N2O2S/c1-2-10-31(11-3-1)32-16-8-17-37(24-32)53(38-21-23-48-43(29-38)42-25-33-12-4-7-15-36(33)28-49(42)56-48)39-20-22-40-46(30-39)54-45-19-9-18-41(50(40)45)51-52-44-26-34-13-5-6-14-35(34)27-47(44)55-51/h1-30H. The van der Waals surface area contributed by atoms with E-state index in [2.05, 4.69) is 163 Å². The highest BCUT2D eigenvalue weighted by Gasteiger charge is 2.21. The van der Waals surface area contributed by atoms with Crippen molar-refractivity contribution in [3.63, 3.8) is 0 Å². The van der Waals surface area contributed by atoms with Crippen molar-refractivity contribution in [3.8, 4) is 22.6 Å². The molecule has 12 rings (SSSR count). The minimum atomic E-state index is 0.580. The fraction of sp³-hybridized carbons (Fsp3) is 0. The zero-order valence-electron chi connectivity index (χ0n) is 29.9. The normalized spacial score (nSPS) is 11.9. The third-order valence-corrected chi connectivity index (χ3v) is 12.1. The molecule has 0 spiro atoms. The number of aromatic nitrogens is 1. The zero-order chi connectivity index (χ0) is 36.7. The molecule has 262 valence electrons. The van der Waals surface area contributed by atoms with Crippen LogP contribution in [-0.2, 0) is 0 Å². The van der Waals surface area contributed by atoms with Crippen LogP contribution in [0.4, 0.5) is 17.1 Å². The van der Waals surface area contributed by atoms with E-state index in [1.54, 1.807) is 0 Å². The van der Waals surface area contributed by atoms with Crippen LogP contribution in [0.2, 0.25) is 0 Å². The SMILES string of the molecule is c1ccc(-c2cccc(N(c3ccc4c(c3)oc3cccc(-c5nc6cc7ccccc7cc6o5)c34)c3ccc4sc5cc6ccccc6cc5c4c3)c2)cc1. The molecule has 0 unspecified atom stereocenters. The van der Waals surface area contributed by atoms with E-state index in [-0.39, 0.29) is 0 Å². The molecule has 5 heteroatoms. The minimum absolute atomic E-state index is 0.580. The highest BCUT2D eigenvalue weighted by Crippen LogP contribution is 2.45. The van der Waals surface area contributed by atoms with Crippen molar-refractivity contribution in [1.29, 1.82) is 0 Å². The summed E-state index contributed by atoms with van der Waals surface area (Å²) >= 11 is 1.85. The Morgan fingerprint density at radius 2 is 1.09 bits per heavy atom. The molecule has 0 N–H and O–H groups in total. The van der Waals surface area contributed by atoms with Gasteiger partial charge in [0.15, 0.2) is 5.58 Å². The monoisotopic (exact) mass is 734 g/mol. The molecule has 0 aliphatic carbocycles. The summed E-state index contributed by atoms with van der Waals surface area (Å²) in [4.78, 5) is 7.31. The number of hydrogen-bond donors (Lipinski definition) is 0. The predicted octanol–water partition coefficient (Wildman–Crippen LogP) is 15.2. The van der Waals surface area contributed by atoms with Gasteiger partial charge in [-0.25, -0.2) is 4.98 Å². The number of hydrogen-bond acceptors (Lipinski definition) is 5. The lowest BCUT2D eigenvalue weighted by atomic mass is 10.0. The van der Waals surface area contributed by atoms with Crippen molar-refractivity contribution in [2.75, 3.05) is 4.90 Å². The number of nitrogens with zero attached hydrogens (tertiary/aromatic N) is 2. The molecule has 0 aliphatic heterocycles. The van der Waals surface area contributed by atoms with Gasteiger partial charge in [0, 0.05) is 59.6 Å². The molecule has 0 radical (unpaired) electrons. The highest BCUT2D eigenvalue weighted by atomic mass is 32.1. The highest BCUT2D eigenvalue weighted by molar-refractivity contribution is 7.25. The van der Waals surface area contributed by atoms with Crippen LogP contribution in [0.1, 0.15) is 0 Å². The second kappa shape index (κ2) is 12.2. The molecule has 0 atom stereocenters. The van der Waals surface area contributed by atoms with Crippen molar-refractivity contribution in [2.45, 2.75) is 0 Å². The number of benzene rings is 9. The lowest BCUT2D eigenvalue weighted by molar-refractivity contribution is 0.620. The Kier molecular flexibility index (Phi) is 6.76. The quantitative estimate of drug-likeness (QED) is 0.177. The molecular formula is C51H30N2O2S.